The first-order chi connectivity index (χ1) is 9.70. The van der Waals surface area contributed by atoms with Gasteiger partial charge in [-0.1, -0.05) is 35.0 Å². The molecule has 0 aliphatic heterocycles. The van der Waals surface area contributed by atoms with E-state index < -0.39 is 0 Å². The minimum atomic E-state index is 0.634. The molecule has 1 aromatic carbocycles. The Morgan fingerprint density at radius 1 is 1.20 bits per heavy atom. The molecule has 1 saturated carbocycles. The molecule has 0 radical (unpaired) electrons. The summed E-state index contributed by atoms with van der Waals surface area (Å²) in [6.07, 6.45) is 3.30. The normalized spacial score (nSPS) is 21.7. The van der Waals surface area contributed by atoms with Crippen LogP contribution in [0.15, 0.2) is 28.8 Å². The van der Waals surface area contributed by atoms with Crippen molar-refractivity contribution in [2.75, 3.05) is 6.54 Å². The van der Waals surface area contributed by atoms with Crippen LogP contribution < -0.4 is 5.32 Å². The highest BCUT2D eigenvalue weighted by Gasteiger charge is 2.29. The van der Waals surface area contributed by atoms with Gasteiger partial charge in [0.2, 0.25) is 5.89 Å². The van der Waals surface area contributed by atoms with Crippen molar-refractivity contribution in [1.82, 2.24) is 15.5 Å². The van der Waals surface area contributed by atoms with Crippen LogP contribution in [0.2, 0.25) is 0 Å². The van der Waals surface area contributed by atoms with E-state index in [9.17, 15) is 0 Å². The van der Waals surface area contributed by atoms with E-state index in [0.29, 0.717) is 11.9 Å². The zero-order valence-electron chi connectivity index (χ0n) is 12.1. The number of aryl methyl sites for hydroxylation is 2. The van der Waals surface area contributed by atoms with Gasteiger partial charge >= 0.3 is 0 Å². The number of nitrogens with zero attached hydrogens (tertiary/aromatic N) is 2. The third-order valence-corrected chi connectivity index (χ3v) is 4.04. The number of hydrogen-bond donors (Lipinski definition) is 1. The van der Waals surface area contributed by atoms with Crippen LogP contribution in [0.1, 0.15) is 41.6 Å². The summed E-state index contributed by atoms with van der Waals surface area (Å²) < 4.78 is 4.96. The SMILES string of the molecule is Cc1ccc(C2CC(NCCc3noc(C)n3)C2)cc1. The van der Waals surface area contributed by atoms with Crippen molar-refractivity contribution in [2.24, 2.45) is 0 Å². The maximum atomic E-state index is 4.96. The van der Waals surface area contributed by atoms with Crippen molar-refractivity contribution in [2.45, 2.75) is 45.1 Å². The third-order valence-electron chi connectivity index (χ3n) is 4.04. The Balaban J connectivity index is 1.39. The molecular weight excluding hydrogens is 250 g/mol. The van der Waals surface area contributed by atoms with E-state index in [1.54, 1.807) is 0 Å². The summed E-state index contributed by atoms with van der Waals surface area (Å²) in [5.74, 6) is 2.16. The quantitative estimate of drug-likeness (QED) is 0.908. The highest BCUT2D eigenvalue weighted by atomic mass is 16.5. The molecule has 3 rings (SSSR count). The topological polar surface area (TPSA) is 51.0 Å². The van der Waals surface area contributed by atoms with Crippen LogP contribution >= 0.6 is 0 Å². The van der Waals surface area contributed by atoms with Gasteiger partial charge in [0.05, 0.1) is 0 Å². The van der Waals surface area contributed by atoms with E-state index in [1.807, 2.05) is 6.92 Å². The first-order valence-electron chi connectivity index (χ1n) is 7.30. The summed E-state index contributed by atoms with van der Waals surface area (Å²) in [7, 11) is 0. The van der Waals surface area contributed by atoms with Gasteiger partial charge in [0.15, 0.2) is 5.82 Å². The second-order valence-corrected chi connectivity index (χ2v) is 5.71. The Morgan fingerprint density at radius 3 is 2.60 bits per heavy atom. The molecule has 1 aromatic heterocycles. The highest BCUT2D eigenvalue weighted by Crippen LogP contribution is 2.36. The van der Waals surface area contributed by atoms with Crippen LogP contribution in [-0.2, 0) is 6.42 Å². The summed E-state index contributed by atoms with van der Waals surface area (Å²) in [5, 5.41) is 7.47. The molecule has 1 N–H and O–H groups in total. The number of aromatic nitrogens is 2. The van der Waals surface area contributed by atoms with Gasteiger partial charge in [-0.15, -0.1) is 0 Å². The molecule has 0 bridgehead atoms. The van der Waals surface area contributed by atoms with Gasteiger partial charge in [-0.05, 0) is 31.2 Å². The van der Waals surface area contributed by atoms with Crippen molar-refractivity contribution in [3.63, 3.8) is 0 Å². The fraction of sp³-hybridized carbons (Fsp3) is 0.500. The summed E-state index contributed by atoms with van der Waals surface area (Å²) >= 11 is 0. The zero-order valence-corrected chi connectivity index (χ0v) is 12.1. The molecule has 0 atom stereocenters. The van der Waals surface area contributed by atoms with Crippen LogP contribution in [-0.4, -0.2) is 22.7 Å². The van der Waals surface area contributed by atoms with E-state index in [1.165, 1.54) is 24.0 Å². The van der Waals surface area contributed by atoms with Crippen LogP contribution in [0.5, 0.6) is 0 Å². The van der Waals surface area contributed by atoms with E-state index in [0.717, 1.165) is 24.7 Å². The van der Waals surface area contributed by atoms with E-state index in [4.69, 9.17) is 4.52 Å². The minimum Gasteiger partial charge on any atom is -0.340 e. The molecule has 1 aliphatic rings. The van der Waals surface area contributed by atoms with Gasteiger partial charge in [0.1, 0.15) is 0 Å². The minimum absolute atomic E-state index is 0.634. The van der Waals surface area contributed by atoms with Crippen molar-refractivity contribution >= 4 is 0 Å². The second-order valence-electron chi connectivity index (χ2n) is 5.71. The van der Waals surface area contributed by atoms with Crippen LogP contribution in [0.4, 0.5) is 0 Å². The van der Waals surface area contributed by atoms with Crippen LogP contribution in [0.25, 0.3) is 0 Å². The Kier molecular flexibility index (Phi) is 3.83. The molecule has 1 aliphatic carbocycles. The molecule has 20 heavy (non-hydrogen) atoms. The van der Waals surface area contributed by atoms with Gasteiger partial charge in [0, 0.05) is 25.9 Å². The maximum absolute atomic E-state index is 4.96. The van der Waals surface area contributed by atoms with Gasteiger partial charge < -0.3 is 9.84 Å². The lowest BCUT2D eigenvalue weighted by molar-refractivity contribution is 0.291. The maximum Gasteiger partial charge on any atom is 0.223 e. The van der Waals surface area contributed by atoms with Gasteiger partial charge in [-0.25, -0.2) is 0 Å². The second kappa shape index (κ2) is 5.75. The summed E-state index contributed by atoms with van der Waals surface area (Å²) in [6, 6.07) is 9.56. The fourth-order valence-corrected chi connectivity index (χ4v) is 2.73. The molecule has 4 nitrogen and oxygen atoms in total. The Labute approximate surface area is 119 Å². The predicted octanol–water partition coefficient (Wildman–Crippen LogP) is 2.76. The fourth-order valence-electron chi connectivity index (χ4n) is 2.73. The van der Waals surface area contributed by atoms with Crippen molar-refractivity contribution in [3.05, 3.63) is 47.1 Å². The van der Waals surface area contributed by atoms with Gasteiger partial charge in [0.25, 0.3) is 0 Å². The molecule has 106 valence electrons. The molecular formula is C16H21N3O. The molecule has 0 amide bonds. The summed E-state index contributed by atoms with van der Waals surface area (Å²) in [5.41, 5.74) is 2.81. The number of rotatable bonds is 5. The predicted molar refractivity (Wildman–Crippen MR) is 77.7 cm³/mol. The standard InChI is InChI=1S/C16H21N3O/c1-11-3-5-13(6-4-11)14-9-15(10-14)17-8-7-16-18-12(2)20-19-16/h3-6,14-15,17H,7-10H2,1-2H3. The van der Waals surface area contributed by atoms with Crippen molar-refractivity contribution in [3.8, 4) is 0 Å². The monoisotopic (exact) mass is 271 g/mol. The third kappa shape index (κ3) is 3.07. The summed E-state index contributed by atoms with van der Waals surface area (Å²) in [4.78, 5) is 4.20. The Bertz CT molecular complexity index is 555. The molecule has 1 fully saturated rings. The molecule has 4 heteroatoms. The van der Waals surface area contributed by atoms with Crippen LogP contribution in [0.3, 0.4) is 0 Å². The van der Waals surface area contributed by atoms with E-state index in [2.05, 4.69) is 46.6 Å². The number of hydrogen-bond acceptors (Lipinski definition) is 4. The van der Waals surface area contributed by atoms with Crippen LogP contribution in [0, 0.1) is 13.8 Å². The van der Waals surface area contributed by atoms with Gasteiger partial charge in [-0.3, -0.25) is 0 Å². The molecule has 1 heterocycles. The highest BCUT2D eigenvalue weighted by molar-refractivity contribution is 5.26. The molecule has 2 aromatic rings. The van der Waals surface area contributed by atoms with Crippen molar-refractivity contribution in [1.29, 1.82) is 0 Å². The average Bonchev–Trinajstić information content (AvgIpc) is 2.80. The first-order valence-corrected chi connectivity index (χ1v) is 7.30. The van der Waals surface area contributed by atoms with Crippen molar-refractivity contribution < 1.29 is 4.52 Å². The lowest BCUT2D eigenvalue weighted by atomic mass is 9.76. The lowest BCUT2D eigenvalue weighted by Gasteiger charge is -2.36. The molecule has 0 unspecified atom stereocenters. The van der Waals surface area contributed by atoms with E-state index >= 15 is 0 Å². The van der Waals surface area contributed by atoms with Gasteiger partial charge in [-0.2, -0.15) is 4.98 Å². The summed E-state index contributed by atoms with van der Waals surface area (Å²) in [6.45, 7) is 4.88. The smallest absolute Gasteiger partial charge is 0.223 e. The Morgan fingerprint density at radius 2 is 1.95 bits per heavy atom. The average molecular weight is 271 g/mol. The number of nitrogens with one attached hydrogen (secondary N) is 1. The van der Waals surface area contributed by atoms with E-state index in [-0.39, 0.29) is 0 Å². The number of benzene rings is 1. The zero-order chi connectivity index (χ0) is 13.9. The molecule has 0 spiro atoms. The largest absolute Gasteiger partial charge is 0.340 e. The molecule has 0 saturated heterocycles. The Hall–Kier alpha value is -1.68. The first kappa shape index (κ1) is 13.3. The lowest BCUT2D eigenvalue weighted by Crippen LogP contribution is -2.41.